The van der Waals surface area contributed by atoms with Gasteiger partial charge in [0.25, 0.3) is 0 Å². The fourth-order valence-electron chi connectivity index (χ4n) is 4.75. The number of nitrogens with one attached hydrogen (secondary N) is 2. The third-order valence-electron chi connectivity index (χ3n) is 6.24. The lowest BCUT2D eigenvalue weighted by Gasteiger charge is -2.44. The van der Waals surface area contributed by atoms with Crippen molar-refractivity contribution in [1.82, 2.24) is 15.5 Å². The van der Waals surface area contributed by atoms with Crippen LogP contribution in [0.3, 0.4) is 0 Å². The van der Waals surface area contributed by atoms with E-state index in [1.807, 2.05) is 18.2 Å². The van der Waals surface area contributed by atoms with Crippen LogP contribution in [0.1, 0.15) is 31.2 Å². The van der Waals surface area contributed by atoms with E-state index in [9.17, 15) is 4.79 Å². The number of hydrogen-bond donors (Lipinski definition) is 2. The van der Waals surface area contributed by atoms with Gasteiger partial charge in [0.1, 0.15) is 5.75 Å². The number of hydrogen-bond acceptors (Lipinski definition) is 4. The molecular weight excluding hydrogens is 314 g/mol. The number of methoxy groups -OCH3 is 1. The molecule has 25 heavy (non-hydrogen) atoms. The third-order valence-corrected chi connectivity index (χ3v) is 6.24. The lowest BCUT2D eigenvalue weighted by atomic mass is 9.75. The molecule has 3 saturated heterocycles. The minimum atomic E-state index is -0.312. The van der Waals surface area contributed by atoms with Gasteiger partial charge in [-0.05, 0) is 62.9 Å². The Bertz CT molecular complexity index is 629. The second-order valence-electron chi connectivity index (χ2n) is 7.88. The van der Waals surface area contributed by atoms with Crippen LogP contribution in [0.15, 0.2) is 24.3 Å². The van der Waals surface area contributed by atoms with Crippen LogP contribution in [0, 0.1) is 5.41 Å². The van der Waals surface area contributed by atoms with E-state index >= 15 is 0 Å². The number of ether oxygens (including phenoxy) is 1. The summed E-state index contributed by atoms with van der Waals surface area (Å²) in [6.45, 7) is 3.93. The van der Waals surface area contributed by atoms with Gasteiger partial charge >= 0.3 is 0 Å². The molecule has 4 rings (SSSR count). The Morgan fingerprint density at radius 2 is 2.12 bits per heavy atom. The molecule has 5 nitrogen and oxygen atoms in total. The van der Waals surface area contributed by atoms with Crippen LogP contribution in [0.5, 0.6) is 5.75 Å². The fourth-order valence-corrected chi connectivity index (χ4v) is 4.75. The van der Waals surface area contributed by atoms with Crippen LogP contribution in [-0.2, 0) is 11.2 Å². The minimum absolute atomic E-state index is 0.229. The lowest BCUT2D eigenvalue weighted by molar-refractivity contribution is -0.135. The average molecular weight is 343 g/mol. The maximum absolute atomic E-state index is 13.2. The summed E-state index contributed by atoms with van der Waals surface area (Å²) in [4.78, 5) is 15.7. The molecule has 2 N–H and O–H groups in total. The summed E-state index contributed by atoms with van der Waals surface area (Å²) in [5, 5.41) is 6.74. The molecule has 3 heterocycles. The molecule has 3 aliphatic rings. The zero-order valence-electron chi connectivity index (χ0n) is 15.1. The van der Waals surface area contributed by atoms with Gasteiger partial charge in [-0.1, -0.05) is 12.1 Å². The average Bonchev–Trinajstić information content (AvgIpc) is 3.08. The number of amides is 1. The molecule has 1 aromatic rings. The highest BCUT2D eigenvalue weighted by molar-refractivity contribution is 5.85. The van der Waals surface area contributed by atoms with Gasteiger partial charge in [0.15, 0.2) is 0 Å². The molecule has 0 bridgehead atoms. The SMILES string of the molecule is COc1cccc(CC2(C(=O)N[C@H]3CCCN4CCC[C@@H]34)CNC2)c1. The van der Waals surface area contributed by atoms with Crippen LogP contribution in [0.25, 0.3) is 0 Å². The molecule has 0 radical (unpaired) electrons. The first kappa shape index (κ1) is 16.9. The van der Waals surface area contributed by atoms with Gasteiger partial charge in [0.05, 0.1) is 12.5 Å². The van der Waals surface area contributed by atoms with Crippen molar-refractivity contribution < 1.29 is 9.53 Å². The van der Waals surface area contributed by atoms with Crippen molar-refractivity contribution in [3.63, 3.8) is 0 Å². The zero-order valence-corrected chi connectivity index (χ0v) is 15.1. The molecule has 3 aliphatic heterocycles. The third kappa shape index (κ3) is 3.27. The molecule has 0 aliphatic carbocycles. The number of fused-ring (bicyclic) bond motifs is 1. The molecule has 0 saturated carbocycles. The van der Waals surface area contributed by atoms with Crippen LogP contribution < -0.4 is 15.4 Å². The van der Waals surface area contributed by atoms with Gasteiger partial charge in [-0.15, -0.1) is 0 Å². The van der Waals surface area contributed by atoms with E-state index in [4.69, 9.17) is 4.74 Å². The van der Waals surface area contributed by atoms with Gasteiger partial charge in [-0.25, -0.2) is 0 Å². The summed E-state index contributed by atoms with van der Waals surface area (Å²) in [6, 6.07) is 8.98. The Labute approximate surface area is 150 Å². The number of nitrogens with zero attached hydrogens (tertiary/aromatic N) is 1. The molecule has 3 fully saturated rings. The van der Waals surface area contributed by atoms with Crippen LogP contribution in [-0.4, -0.2) is 56.2 Å². The lowest BCUT2D eigenvalue weighted by Crippen LogP contribution is -2.65. The summed E-state index contributed by atoms with van der Waals surface area (Å²) in [5.74, 6) is 1.09. The second-order valence-corrected chi connectivity index (χ2v) is 7.88. The van der Waals surface area contributed by atoms with Crippen LogP contribution in [0.4, 0.5) is 0 Å². The van der Waals surface area contributed by atoms with E-state index < -0.39 is 0 Å². The van der Waals surface area contributed by atoms with Gasteiger partial charge in [-0.2, -0.15) is 0 Å². The zero-order chi connectivity index (χ0) is 17.3. The second kappa shape index (κ2) is 6.96. The molecule has 0 spiro atoms. The predicted molar refractivity (Wildman–Crippen MR) is 97.8 cm³/mol. The monoisotopic (exact) mass is 343 g/mol. The number of carbonyl (C=O) groups excluding carboxylic acids is 1. The van der Waals surface area contributed by atoms with E-state index in [0.29, 0.717) is 12.1 Å². The van der Waals surface area contributed by atoms with Crippen molar-refractivity contribution in [2.45, 2.75) is 44.2 Å². The summed E-state index contributed by atoms with van der Waals surface area (Å²) in [7, 11) is 1.68. The van der Waals surface area contributed by atoms with E-state index in [1.54, 1.807) is 7.11 Å². The van der Waals surface area contributed by atoms with Gasteiger partial charge < -0.3 is 15.4 Å². The maximum Gasteiger partial charge on any atom is 0.229 e. The Kier molecular flexibility index (Phi) is 4.69. The Morgan fingerprint density at radius 3 is 2.84 bits per heavy atom. The highest BCUT2D eigenvalue weighted by Gasteiger charge is 2.46. The van der Waals surface area contributed by atoms with Crippen LogP contribution >= 0.6 is 0 Å². The molecular formula is C20H29N3O2. The van der Waals surface area contributed by atoms with Gasteiger partial charge in [0, 0.05) is 25.2 Å². The molecule has 1 amide bonds. The normalized spacial score (nSPS) is 28.0. The molecule has 2 atom stereocenters. The highest BCUT2D eigenvalue weighted by atomic mass is 16.5. The molecule has 0 unspecified atom stereocenters. The van der Waals surface area contributed by atoms with E-state index in [-0.39, 0.29) is 11.3 Å². The van der Waals surface area contributed by atoms with Crippen molar-refractivity contribution in [3.8, 4) is 5.75 Å². The summed E-state index contributed by atoms with van der Waals surface area (Å²) >= 11 is 0. The quantitative estimate of drug-likeness (QED) is 0.852. The number of benzene rings is 1. The van der Waals surface area contributed by atoms with E-state index in [2.05, 4.69) is 21.6 Å². The summed E-state index contributed by atoms with van der Waals surface area (Å²) < 4.78 is 5.33. The van der Waals surface area contributed by atoms with Crippen molar-refractivity contribution in [3.05, 3.63) is 29.8 Å². The van der Waals surface area contributed by atoms with Crippen LogP contribution in [0.2, 0.25) is 0 Å². The topological polar surface area (TPSA) is 53.6 Å². The maximum atomic E-state index is 13.2. The number of piperidine rings is 1. The predicted octanol–water partition coefficient (Wildman–Crippen LogP) is 1.57. The Balaban J connectivity index is 1.45. The summed E-state index contributed by atoms with van der Waals surface area (Å²) in [5.41, 5.74) is 0.856. The fraction of sp³-hybridized carbons (Fsp3) is 0.650. The molecule has 5 heteroatoms. The smallest absolute Gasteiger partial charge is 0.229 e. The van der Waals surface area contributed by atoms with Gasteiger partial charge in [0.2, 0.25) is 5.91 Å². The first-order chi connectivity index (χ1) is 12.2. The first-order valence-corrected chi connectivity index (χ1v) is 9.59. The van der Waals surface area contributed by atoms with Gasteiger partial charge in [-0.3, -0.25) is 9.69 Å². The molecule has 0 aromatic heterocycles. The molecule has 136 valence electrons. The standard InChI is InChI=1S/C20H29N3O2/c1-25-16-6-2-5-15(11-16)12-20(13-21-14-20)19(24)22-17-7-3-9-23-10-4-8-18(17)23/h2,5-6,11,17-18,21H,3-4,7-10,12-14H2,1H3,(H,22,24)/t17-,18-/m0/s1. The van der Waals surface area contributed by atoms with Crippen molar-refractivity contribution in [2.75, 3.05) is 33.3 Å². The Hall–Kier alpha value is -1.59. The number of rotatable bonds is 5. The highest BCUT2D eigenvalue weighted by Crippen LogP contribution is 2.32. The first-order valence-electron chi connectivity index (χ1n) is 9.59. The van der Waals surface area contributed by atoms with E-state index in [1.165, 1.54) is 37.9 Å². The van der Waals surface area contributed by atoms with Crippen molar-refractivity contribution >= 4 is 5.91 Å². The van der Waals surface area contributed by atoms with E-state index in [0.717, 1.165) is 31.7 Å². The summed E-state index contributed by atoms with van der Waals surface area (Å²) in [6.07, 6.45) is 5.59. The molecule has 1 aromatic carbocycles. The largest absolute Gasteiger partial charge is 0.497 e. The number of carbonyl (C=O) groups is 1. The van der Waals surface area contributed by atoms with Crippen molar-refractivity contribution in [1.29, 1.82) is 0 Å². The van der Waals surface area contributed by atoms with Crippen molar-refractivity contribution in [2.24, 2.45) is 5.41 Å². The minimum Gasteiger partial charge on any atom is -0.497 e. The Morgan fingerprint density at radius 1 is 1.32 bits per heavy atom.